The zero-order valence-electron chi connectivity index (χ0n) is 11.2. The van der Waals surface area contributed by atoms with E-state index in [1.54, 1.807) is 24.3 Å². The van der Waals surface area contributed by atoms with E-state index in [-0.39, 0.29) is 11.7 Å². The molecule has 0 unspecified atom stereocenters. The van der Waals surface area contributed by atoms with Crippen LogP contribution in [0.1, 0.15) is 11.1 Å². The molecule has 0 aromatic heterocycles. The van der Waals surface area contributed by atoms with Crippen molar-refractivity contribution < 1.29 is 14.6 Å². The van der Waals surface area contributed by atoms with Crippen molar-refractivity contribution in [3.05, 3.63) is 52.0 Å². The summed E-state index contributed by atoms with van der Waals surface area (Å²) in [5.41, 5.74) is 3.00. The fourth-order valence-electron chi connectivity index (χ4n) is 2.25. The van der Waals surface area contributed by atoms with Crippen LogP contribution in [0.4, 0.5) is 5.69 Å². The Balaban J connectivity index is 2.08. The zero-order chi connectivity index (χ0) is 15.0. The summed E-state index contributed by atoms with van der Waals surface area (Å²) in [6.07, 6.45) is 1.77. The molecule has 2 aromatic carbocycles. The third kappa shape index (κ3) is 2.52. The lowest BCUT2D eigenvalue weighted by atomic mass is 10.0. The lowest BCUT2D eigenvalue weighted by Gasteiger charge is -2.04. The molecule has 0 spiro atoms. The fraction of sp³-hybridized carbons (Fsp3) is 0.0625. The van der Waals surface area contributed by atoms with E-state index in [4.69, 9.17) is 4.74 Å². The summed E-state index contributed by atoms with van der Waals surface area (Å²) in [4.78, 5) is 12.1. The second-order valence-electron chi connectivity index (χ2n) is 4.63. The Bertz CT molecular complexity index is 768. The van der Waals surface area contributed by atoms with Crippen molar-refractivity contribution in [3.8, 4) is 11.5 Å². The van der Waals surface area contributed by atoms with Crippen molar-refractivity contribution >= 4 is 39.2 Å². The fourth-order valence-corrected chi connectivity index (χ4v) is 2.62. The van der Waals surface area contributed by atoms with Gasteiger partial charge in [0, 0.05) is 21.3 Å². The number of phenolic OH excluding ortho intramolecular Hbond substituents is 1. The van der Waals surface area contributed by atoms with Gasteiger partial charge in [0.1, 0.15) is 0 Å². The third-order valence-electron chi connectivity index (χ3n) is 3.28. The quantitative estimate of drug-likeness (QED) is 0.816. The Morgan fingerprint density at radius 1 is 1.24 bits per heavy atom. The van der Waals surface area contributed by atoms with E-state index in [9.17, 15) is 9.90 Å². The number of aromatic hydroxyl groups is 1. The van der Waals surface area contributed by atoms with E-state index in [2.05, 4.69) is 21.2 Å². The second-order valence-corrected chi connectivity index (χ2v) is 5.55. The highest BCUT2D eigenvalue weighted by molar-refractivity contribution is 9.10. The minimum absolute atomic E-state index is 0.0682. The smallest absolute Gasteiger partial charge is 0.256 e. The molecular formula is C16H12BrNO3. The number of fused-ring (bicyclic) bond motifs is 1. The Morgan fingerprint density at radius 2 is 2.05 bits per heavy atom. The van der Waals surface area contributed by atoms with Crippen LogP contribution in [0, 0.1) is 0 Å². The summed E-state index contributed by atoms with van der Waals surface area (Å²) in [6, 6.07) is 10.6. The number of halogens is 1. The van der Waals surface area contributed by atoms with Crippen molar-refractivity contribution in [2.45, 2.75) is 0 Å². The predicted octanol–water partition coefficient (Wildman–Crippen LogP) is 3.66. The average Bonchev–Trinajstić information content (AvgIpc) is 2.77. The first kappa shape index (κ1) is 13.7. The molecule has 0 saturated heterocycles. The third-order valence-corrected chi connectivity index (χ3v) is 3.77. The molecule has 5 heteroatoms. The predicted molar refractivity (Wildman–Crippen MR) is 85.3 cm³/mol. The number of carbonyl (C=O) groups is 1. The van der Waals surface area contributed by atoms with Crippen molar-refractivity contribution in [2.75, 3.05) is 12.4 Å². The van der Waals surface area contributed by atoms with Gasteiger partial charge in [0.2, 0.25) is 0 Å². The number of methoxy groups -OCH3 is 1. The number of anilines is 1. The number of hydrogen-bond acceptors (Lipinski definition) is 3. The first-order valence-corrected chi connectivity index (χ1v) is 7.08. The highest BCUT2D eigenvalue weighted by Crippen LogP contribution is 2.36. The Labute approximate surface area is 130 Å². The molecule has 3 rings (SSSR count). The van der Waals surface area contributed by atoms with E-state index >= 15 is 0 Å². The van der Waals surface area contributed by atoms with Crippen molar-refractivity contribution in [2.24, 2.45) is 0 Å². The number of ether oxygens (including phenoxy) is 1. The summed E-state index contributed by atoms with van der Waals surface area (Å²) in [5, 5.41) is 12.4. The van der Waals surface area contributed by atoms with Gasteiger partial charge in [-0.1, -0.05) is 22.0 Å². The van der Waals surface area contributed by atoms with Crippen LogP contribution < -0.4 is 10.1 Å². The van der Waals surface area contributed by atoms with Crippen LogP contribution in [-0.4, -0.2) is 18.1 Å². The molecule has 1 amide bonds. The monoisotopic (exact) mass is 345 g/mol. The summed E-state index contributed by atoms with van der Waals surface area (Å²) in [6.45, 7) is 0. The number of carbonyl (C=O) groups excluding carboxylic acids is 1. The molecule has 4 nitrogen and oxygen atoms in total. The van der Waals surface area contributed by atoms with E-state index in [0.717, 1.165) is 21.3 Å². The summed E-state index contributed by atoms with van der Waals surface area (Å²) in [5.74, 6) is 0.297. The van der Waals surface area contributed by atoms with E-state index < -0.39 is 0 Å². The number of phenols is 1. The SMILES string of the molecule is COc1cc(/C=C2\C(=O)Nc3ccc(Br)cc32)ccc1O. The van der Waals surface area contributed by atoms with E-state index in [0.29, 0.717) is 11.3 Å². The van der Waals surface area contributed by atoms with Gasteiger partial charge in [0.15, 0.2) is 11.5 Å². The van der Waals surface area contributed by atoms with Crippen LogP contribution in [0.2, 0.25) is 0 Å². The zero-order valence-corrected chi connectivity index (χ0v) is 12.8. The Hall–Kier alpha value is -2.27. The van der Waals surface area contributed by atoms with Gasteiger partial charge in [-0.25, -0.2) is 0 Å². The Morgan fingerprint density at radius 3 is 2.81 bits per heavy atom. The number of rotatable bonds is 2. The van der Waals surface area contributed by atoms with Crippen molar-refractivity contribution in [3.63, 3.8) is 0 Å². The first-order valence-electron chi connectivity index (χ1n) is 6.28. The van der Waals surface area contributed by atoms with Crippen molar-refractivity contribution in [1.82, 2.24) is 0 Å². The van der Waals surface area contributed by atoms with Gasteiger partial charge in [0.25, 0.3) is 5.91 Å². The van der Waals surface area contributed by atoms with Gasteiger partial charge >= 0.3 is 0 Å². The van der Waals surface area contributed by atoms with E-state index in [1.165, 1.54) is 7.11 Å². The van der Waals surface area contributed by atoms with Gasteiger partial charge in [-0.3, -0.25) is 4.79 Å². The molecule has 0 bridgehead atoms. The molecule has 2 N–H and O–H groups in total. The molecule has 0 atom stereocenters. The number of benzene rings is 2. The lowest BCUT2D eigenvalue weighted by molar-refractivity contribution is -0.110. The molecule has 1 heterocycles. The van der Waals surface area contributed by atoms with Crippen LogP contribution >= 0.6 is 15.9 Å². The average molecular weight is 346 g/mol. The summed E-state index contributed by atoms with van der Waals surface area (Å²) in [7, 11) is 1.49. The molecule has 1 aliphatic rings. The molecule has 106 valence electrons. The van der Waals surface area contributed by atoms with Gasteiger partial charge in [-0.05, 0) is 42.0 Å². The number of hydrogen-bond donors (Lipinski definition) is 2. The molecule has 0 radical (unpaired) electrons. The lowest BCUT2D eigenvalue weighted by Crippen LogP contribution is -2.03. The summed E-state index contributed by atoms with van der Waals surface area (Å²) < 4.78 is 5.99. The molecular weight excluding hydrogens is 334 g/mol. The minimum atomic E-state index is -0.143. The van der Waals surface area contributed by atoms with E-state index in [1.807, 2.05) is 18.2 Å². The van der Waals surface area contributed by atoms with Gasteiger partial charge in [0.05, 0.1) is 7.11 Å². The maximum absolute atomic E-state index is 12.1. The van der Waals surface area contributed by atoms with Crippen LogP contribution in [0.25, 0.3) is 11.6 Å². The Kier molecular flexibility index (Phi) is 3.43. The summed E-state index contributed by atoms with van der Waals surface area (Å²) >= 11 is 3.41. The molecule has 1 aliphatic heterocycles. The molecule has 21 heavy (non-hydrogen) atoms. The maximum atomic E-state index is 12.1. The molecule has 0 aliphatic carbocycles. The normalized spacial score (nSPS) is 15.0. The second kappa shape index (κ2) is 5.26. The molecule has 2 aromatic rings. The van der Waals surface area contributed by atoms with Crippen LogP contribution in [0.5, 0.6) is 11.5 Å². The van der Waals surface area contributed by atoms with Crippen molar-refractivity contribution in [1.29, 1.82) is 0 Å². The molecule has 0 saturated carbocycles. The topological polar surface area (TPSA) is 58.6 Å². The first-order chi connectivity index (χ1) is 10.1. The highest BCUT2D eigenvalue weighted by atomic mass is 79.9. The largest absolute Gasteiger partial charge is 0.504 e. The van der Waals surface area contributed by atoms with Crippen LogP contribution in [-0.2, 0) is 4.79 Å². The minimum Gasteiger partial charge on any atom is -0.504 e. The van der Waals surface area contributed by atoms with Gasteiger partial charge in [-0.2, -0.15) is 0 Å². The van der Waals surface area contributed by atoms with Crippen LogP contribution in [0.15, 0.2) is 40.9 Å². The number of amides is 1. The van der Waals surface area contributed by atoms with Gasteiger partial charge < -0.3 is 15.2 Å². The van der Waals surface area contributed by atoms with Gasteiger partial charge in [-0.15, -0.1) is 0 Å². The maximum Gasteiger partial charge on any atom is 0.256 e. The number of nitrogens with one attached hydrogen (secondary N) is 1. The molecule has 0 fully saturated rings. The standard InChI is InChI=1S/C16H12BrNO3/c1-21-15-7-9(2-5-14(15)19)6-12-11-8-10(17)3-4-13(11)18-16(12)20/h2-8,19H,1H3,(H,18,20)/b12-6-. The van der Waals surface area contributed by atoms with Crippen LogP contribution in [0.3, 0.4) is 0 Å². The highest BCUT2D eigenvalue weighted by Gasteiger charge is 2.24.